The first kappa shape index (κ1) is 16.3. The molecule has 1 saturated heterocycles. The Morgan fingerprint density at radius 3 is 2.92 bits per heavy atom. The summed E-state index contributed by atoms with van der Waals surface area (Å²) in [7, 11) is 0. The van der Waals surface area contributed by atoms with Crippen LogP contribution in [0.2, 0.25) is 0 Å². The minimum Gasteiger partial charge on any atom is -0.364 e. The molecule has 4 heterocycles. The quantitative estimate of drug-likeness (QED) is 0.722. The van der Waals surface area contributed by atoms with E-state index in [1.165, 1.54) is 4.68 Å². The zero-order valence-corrected chi connectivity index (χ0v) is 15.3. The lowest BCUT2D eigenvalue weighted by molar-refractivity contribution is -0.0859. The van der Waals surface area contributed by atoms with Crippen LogP contribution < -0.4 is 11.1 Å². The van der Waals surface area contributed by atoms with Gasteiger partial charge >= 0.3 is 11.1 Å². The Bertz CT molecular complexity index is 933. The van der Waals surface area contributed by atoms with Crippen LogP contribution in [0.4, 0.5) is 0 Å². The fourth-order valence-electron chi connectivity index (χ4n) is 3.90. The summed E-state index contributed by atoms with van der Waals surface area (Å²) in [6.07, 6.45) is 4.88. The van der Waals surface area contributed by atoms with E-state index in [4.69, 9.17) is 4.74 Å². The zero-order chi connectivity index (χ0) is 17.7. The summed E-state index contributed by atoms with van der Waals surface area (Å²) in [6, 6.07) is 0. The van der Waals surface area contributed by atoms with Gasteiger partial charge in [-0.05, 0) is 25.2 Å². The highest BCUT2D eigenvalue weighted by Gasteiger charge is 2.43. The van der Waals surface area contributed by atoms with Gasteiger partial charge < -0.3 is 4.74 Å². The highest BCUT2D eigenvalue weighted by atomic mass is 32.1. The third kappa shape index (κ3) is 2.93. The van der Waals surface area contributed by atoms with E-state index < -0.39 is 16.7 Å². The Morgan fingerprint density at radius 2 is 2.15 bits per heavy atom. The van der Waals surface area contributed by atoms with E-state index >= 15 is 0 Å². The molecule has 2 aromatic rings. The zero-order valence-electron chi connectivity index (χ0n) is 14.5. The van der Waals surface area contributed by atoms with E-state index in [0.29, 0.717) is 24.8 Å². The van der Waals surface area contributed by atoms with Crippen LogP contribution in [0.15, 0.2) is 21.2 Å². The molecule has 0 unspecified atom stereocenters. The highest BCUT2D eigenvalue weighted by Crippen LogP contribution is 2.32. The first-order chi connectivity index (χ1) is 12.6. The van der Waals surface area contributed by atoms with Crippen molar-refractivity contribution in [1.82, 2.24) is 24.2 Å². The number of hydrogen-bond acceptors (Lipinski definition) is 7. The van der Waals surface area contributed by atoms with Gasteiger partial charge in [-0.25, -0.2) is 9.67 Å². The average Bonchev–Trinajstić information content (AvgIpc) is 3.15. The first-order valence-electron chi connectivity index (χ1n) is 9.07. The van der Waals surface area contributed by atoms with Gasteiger partial charge in [-0.2, -0.15) is 5.10 Å². The van der Waals surface area contributed by atoms with Gasteiger partial charge in [-0.3, -0.25) is 19.1 Å². The van der Waals surface area contributed by atoms with Crippen LogP contribution in [-0.4, -0.2) is 42.9 Å². The molecule has 8 nitrogen and oxygen atoms in total. The second kappa shape index (κ2) is 6.11. The maximum absolute atomic E-state index is 12.6. The number of thiazole rings is 1. The van der Waals surface area contributed by atoms with Crippen molar-refractivity contribution in [2.24, 2.45) is 5.92 Å². The summed E-state index contributed by atoms with van der Waals surface area (Å²) in [5.41, 5.74) is -1.38. The number of rotatable bonds is 4. The highest BCUT2D eigenvalue weighted by molar-refractivity contribution is 7.09. The fourth-order valence-corrected chi connectivity index (χ4v) is 4.56. The van der Waals surface area contributed by atoms with E-state index in [0.717, 1.165) is 43.9 Å². The molecule has 0 amide bonds. The first-order valence-corrected chi connectivity index (χ1v) is 9.95. The van der Waals surface area contributed by atoms with Crippen molar-refractivity contribution in [1.29, 1.82) is 0 Å². The molecule has 1 atom stereocenters. The lowest BCUT2D eigenvalue weighted by Gasteiger charge is -2.35. The standard InChI is InChI=1S/C17H21N5O3S/c23-15-16(24)22(7-12-1-2-12)19-13-9-25-17(11-21(13)15)3-5-20(10-17)8-14-18-4-6-26-14/h4,6,12H,1-3,5,7-11H2/t17-/m1/s1. The van der Waals surface area contributed by atoms with Crippen LogP contribution in [0.3, 0.4) is 0 Å². The van der Waals surface area contributed by atoms with Gasteiger partial charge in [0.15, 0.2) is 5.82 Å². The summed E-state index contributed by atoms with van der Waals surface area (Å²) >= 11 is 1.65. The van der Waals surface area contributed by atoms with E-state index in [1.54, 1.807) is 15.9 Å². The molecule has 0 bridgehead atoms. The smallest absolute Gasteiger partial charge is 0.332 e. The summed E-state index contributed by atoms with van der Waals surface area (Å²) in [6.45, 7) is 3.67. The molecule has 1 spiro atoms. The molecule has 1 saturated carbocycles. The summed E-state index contributed by atoms with van der Waals surface area (Å²) < 4.78 is 9.06. The topological polar surface area (TPSA) is 82.2 Å². The second-order valence-electron chi connectivity index (χ2n) is 7.60. The van der Waals surface area contributed by atoms with E-state index in [-0.39, 0.29) is 6.61 Å². The van der Waals surface area contributed by atoms with Gasteiger partial charge in [0.1, 0.15) is 17.2 Å². The Labute approximate surface area is 154 Å². The molecule has 2 aromatic heterocycles. The minimum absolute atomic E-state index is 0.283. The molecule has 5 rings (SSSR count). The predicted molar refractivity (Wildman–Crippen MR) is 95.0 cm³/mol. The van der Waals surface area contributed by atoms with Crippen molar-refractivity contribution in [3.05, 3.63) is 43.1 Å². The van der Waals surface area contributed by atoms with Gasteiger partial charge in [0.05, 0.1) is 13.1 Å². The number of nitrogens with zero attached hydrogens (tertiary/aromatic N) is 5. The average molecular weight is 375 g/mol. The van der Waals surface area contributed by atoms with Gasteiger partial charge in [-0.15, -0.1) is 11.3 Å². The maximum Gasteiger partial charge on any atom is 0.332 e. The van der Waals surface area contributed by atoms with Crippen LogP contribution in [-0.2, 0) is 31.0 Å². The van der Waals surface area contributed by atoms with Gasteiger partial charge in [0.25, 0.3) is 0 Å². The predicted octanol–water partition coefficient (Wildman–Crippen LogP) is 0.446. The Hall–Kier alpha value is -1.84. The molecule has 3 aliphatic rings. The van der Waals surface area contributed by atoms with E-state index in [9.17, 15) is 9.59 Å². The normalized spacial score (nSPS) is 25.7. The number of fused-ring (bicyclic) bond motifs is 1. The van der Waals surface area contributed by atoms with Crippen molar-refractivity contribution in [2.75, 3.05) is 13.1 Å². The Morgan fingerprint density at radius 1 is 1.27 bits per heavy atom. The molecule has 138 valence electrons. The van der Waals surface area contributed by atoms with Crippen LogP contribution in [0.1, 0.15) is 30.1 Å². The number of ether oxygens (including phenoxy) is 1. The fraction of sp³-hybridized carbons (Fsp3) is 0.647. The molecular formula is C17H21N5O3S. The SMILES string of the molecule is O=c1c(=O)n2c(nn1CC1CC1)CO[C@@]1(CCN(Cc3nccs3)C1)C2. The largest absolute Gasteiger partial charge is 0.364 e. The van der Waals surface area contributed by atoms with Crippen LogP contribution in [0.25, 0.3) is 0 Å². The molecule has 9 heteroatoms. The third-order valence-electron chi connectivity index (χ3n) is 5.53. The molecule has 0 radical (unpaired) electrons. The second-order valence-corrected chi connectivity index (χ2v) is 8.58. The van der Waals surface area contributed by atoms with Gasteiger partial charge in [-0.1, -0.05) is 0 Å². The lowest BCUT2D eigenvalue weighted by Crippen LogP contribution is -2.53. The van der Waals surface area contributed by atoms with Gasteiger partial charge in [0.2, 0.25) is 0 Å². The van der Waals surface area contributed by atoms with E-state index in [1.807, 2.05) is 11.6 Å². The number of likely N-dealkylation sites (tertiary alicyclic amines) is 1. The van der Waals surface area contributed by atoms with Crippen molar-refractivity contribution in [2.45, 2.75) is 51.1 Å². The Kier molecular flexibility index (Phi) is 3.84. The molecule has 2 fully saturated rings. The summed E-state index contributed by atoms with van der Waals surface area (Å²) in [4.78, 5) is 31.7. The van der Waals surface area contributed by atoms with Crippen LogP contribution in [0.5, 0.6) is 0 Å². The van der Waals surface area contributed by atoms with Gasteiger partial charge in [0, 0.05) is 31.2 Å². The molecular weight excluding hydrogens is 354 g/mol. The summed E-state index contributed by atoms with van der Waals surface area (Å²) in [5.74, 6) is 1.06. The molecule has 1 aliphatic carbocycles. The van der Waals surface area contributed by atoms with Crippen LogP contribution >= 0.6 is 11.3 Å². The third-order valence-corrected chi connectivity index (χ3v) is 6.29. The number of aromatic nitrogens is 4. The Balaban J connectivity index is 1.37. The van der Waals surface area contributed by atoms with E-state index in [2.05, 4.69) is 15.0 Å². The lowest BCUT2D eigenvalue weighted by atomic mass is 10.0. The molecule has 2 aliphatic heterocycles. The maximum atomic E-state index is 12.6. The monoisotopic (exact) mass is 375 g/mol. The van der Waals surface area contributed by atoms with Crippen LogP contribution in [0, 0.1) is 5.92 Å². The van der Waals surface area contributed by atoms with Crippen molar-refractivity contribution in [3.63, 3.8) is 0 Å². The number of hydrogen-bond donors (Lipinski definition) is 0. The molecule has 26 heavy (non-hydrogen) atoms. The minimum atomic E-state index is -0.504. The van der Waals surface area contributed by atoms with Crippen molar-refractivity contribution in [3.8, 4) is 0 Å². The van der Waals surface area contributed by atoms with Crippen molar-refractivity contribution < 1.29 is 4.74 Å². The van der Waals surface area contributed by atoms with Crippen molar-refractivity contribution >= 4 is 11.3 Å². The molecule has 0 aromatic carbocycles. The summed E-state index contributed by atoms with van der Waals surface area (Å²) in [5, 5.41) is 7.47. The molecule has 0 N–H and O–H groups in total.